The molecule has 0 spiro atoms. The van der Waals surface area contributed by atoms with Crippen molar-refractivity contribution in [3.63, 3.8) is 0 Å². The van der Waals surface area contributed by atoms with Gasteiger partial charge in [0.25, 0.3) is 0 Å². The summed E-state index contributed by atoms with van der Waals surface area (Å²) in [5.74, 6) is -2.68. The van der Waals surface area contributed by atoms with Gasteiger partial charge < -0.3 is 42.6 Å². The minimum atomic E-state index is -1.34. The summed E-state index contributed by atoms with van der Waals surface area (Å²) >= 11 is 0. The van der Waals surface area contributed by atoms with Gasteiger partial charge in [-0.1, -0.05) is 18.2 Å². The molecule has 0 atom stereocenters. The molecule has 0 aromatic heterocycles. The Labute approximate surface area is 274 Å². The molecule has 0 bridgehead atoms. The summed E-state index contributed by atoms with van der Waals surface area (Å²) < 4.78 is 45.3. The Bertz CT molecular complexity index is 1520. The first-order valence-corrected chi connectivity index (χ1v) is 14.5. The van der Waals surface area contributed by atoms with Crippen molar-refractivity contribution in [3.8, 4) is 17.2 Å². The third-order valence-electron chi connectivity index (χ3n) is 5.67. The number of carbonyl (C=O) groups is 6. The van der Waals surface area contributed by atoms with Gasteiger partial charge >= 0.3 is 36.4 Å². The van der Waals surface area contributed by atoms with Gasteiger partial charge in [0.1, 0.15) is 30.5 Å². The van der Waals surface area contributed by atoms with Crippen molar-refractivity contribution < 1.29 is 71.4 Å². The summed E-state index contributed by atoms with van der Waals surface area (Å²) in [6.45, 7) is 3.88. The summed E-state index contributed by atoms with van der Waals surface area (Å²) in [5.41, 5.74) is -0.0747. The van der Waals surface area contributed by atoms with Crippen LogP contribution in [0.2, 0.25) is 0 Å². The Balaban J connectivity index is 1.73. The lowest BCUT2D eigenvalue weighted by Gasteiger charge is -2.18. The highest BCUT2D eigenvalue weighted by Crippen LogP contribution is 2.19. The largest absolute Gasteiger partial charge is 0.513 e. The highest BCUT2D eigenvalue weighted by molar-refractivity contribution is 5.91. The minimum Gasteiger partial charge on any atom is -0.458 e. The van der Waals surface area contributed by atoms with E-state index < -0.39 is 55.7 Å². The van der Waals surface area contributed by atoms with Crippen molar-refractivity contribution >= 4 is 36.4 Å². The van der Waals surface area contributed by atoms with Gasteiger partial charge in [0.05, 0.1) is 36.5 Å². The lowest BCUT2D eigenvalue weighted by molar-refractivity contribution is -0.0254. The molecule has 0 aliphatic rings. The molecular formula is C33H32O15. The number of benzene rings is 3. The summed E-state index contributed by atoms with van der Waals surface area (Å²) in [6.07, 6.45) is -4.25. The van der Waals surface area contributed by atoms with E-state index in [1.807, 2.05) is 0 Å². The molecule has 15 nitrogen and oxygen atoms in total. The zero-order chi connectivity index (χ0) is 34.9. The van der Waals surface area contributed by atoms with Crippen LogP contribution in [0.1, 0.15) is 51.8 Å². The quantitative estimate of drug-likeness (QED) is 0.118. The van der Waals surface area contributed by atoms with Crippen LogP contribution in [0.5, 0.6) is 17.2 Å². The predicted octanol–water partition coefficient (Wildman–Crippen LogP) is 5.53. The van der Waals surface area contributed by atoms with E-state index >= 15 is 0 Å². The van der Waals surface area contributed by atoms with E-state index in [1.54, 1.807) is 20.8 Å². The second kappa shape index (κ2) is 18.8. The fraction of sp³-hybridized carbons (Fsp3) is 0.273. The maximum Gasteiger partial charge on any atom is 0.513 e. The Morgan fingerprint density at radius 3 is 1.15 bits per heavy atom. The van der Waals surface area contributed by atoms with Crippen molar-refractivity contribution in [1.29, 1.82) is 0 Å². The highest BCUT2D eigenvalue weighted by Gasteiger charge is 2.23. The molecule has 15 heteroatoms. The van der Waals surface area contributed by atoms with E-state index in [1.165, 1.54) is 72.8 Å². The molecule has 48 heavy (non-hydrogen) atoms. The van der Waals surface area contributed by atoms with E-state index in [0.717, 1.165) is 0 Å². The third-order valence-corrected chi connectivity index (χ3v) is 5.67. The smallest absolute Gasteiger partial charge is 0.458 e. The molecule has 0 aliphatic carbocycles. The Morgan fingerprint density at radius 1 is 0.479 bits per heavy atom. The average Bonchev–Trinajstić information content (AvgIpc) is 3.06. The van der Waals surface area contributed by atoms with Crippen molar-refractivity contribution in [2.24, 2.45) is 0 Å². The minimum absolute atomic E-state index is 0.00727. The second-order valence-electron chi connectivity index (χ2n) is 9.16. The SMILES string of the molecule is CCOC(=O)Oc1cccc(C(=O)OCC(COC(=O)c2cccc(OC(=O)OCC)c2)OC(=O)c2cccc(OC(=O)OCC)c2)c1. The van der Waals surface area contributed by atoms with Crippen LogP contribution in [0.3, 0.4) is 0 Å². The Morgan fingerprint density at radius 2 is 0.812 bits per heavy atom. The molecule has 0 unspecified atom stereocenters. The number of esters is 3. The first-order valence-electron chi connectivity index (χ1n) is 14.5. The normalized spacial score (nSPS) is 10.2. The van der Waals surface area contributed by atoms with Gasteiger partial charge in [-0.05, 0) is 75.4 Å². The van der Waals surface area contributed by atoms with E-state index in [-0.39, 0.29) is 53.8 Å². The summed E-state index contributed by atoms with van der Waals surface area (Å²) in [6, 6.07) is 16.4. The lowest BCUT2D eigenvalue weighted by atomic mass is 10.2. The van der Waals surface area contributed by atoms with Crippen molar-refractivity contribution in [2.75, 3.05) is 33.0 Å². The molecule has 0 amide bonds. The molecule has 0 heterocycles. The van der Waals surface area contributed by atoms with Crippen LogP contribution in [0.15, 0.2) is 72.8 Å². The average molecular weight is 669 g/mol. The number of hydrogen-bond acceptors (Lipinski definition) is 15. The topological polar surface area (TPSA) is 185 Å². The zero-order valence-corrected chi connectivity index (χ0v) is 26.2. The molecule has 3 aromatic rings. The van der Waals surface area contributed by atoms with Crippen LogP contribution >= 0.6 is 0 Å². The first kappa shape index (κ1) is 36.3. The van der Waals surface area contributed by atoms with Crippen molar-refractivity contribution in [3.05, 3.63) is 89.5 Å². The lowest BCUT2D eigenvalue weighted by Crippen LogP contribution is -2.31. The molecule has 254 valence electrons. The Hall–Kier alpha value is -6.12. The van der Waals surface area contributed by atoms with Crippen LogP contribution in [-0.2, 0) is 28.4 Å². The molecule has 3 aromatic carbocycles. The van der Waals surface area contributed by atoms with Crippen LogP contribution in [0.4, 0.5) is 14.4 Å². The van der Waals surface area contributed by atoms with E-state index in [0.29, 0.717) is 0 Å². The maximum absolute atomic E-state index is 13.1. The van der Waals surface area contributed by atoms with E-state index in [2.05, 4.69) is 0 Å². The maximum atomic E-state index is 13.1. The fourth-order valence-corrected chi connectivity index (χ4v) is 3.63. The van der Waals surface area contributed by atoms with E-state index in [4.69, 9.17) is 42.6 Å². The second-order valence-corrected chi connectivity index (χ2v) is 9.16. The van der Waals surface area contributed by atoms with E-state index in [9.17, 15) is 28.8 Å². The molecular weight excluding hydrogens is 636 g/mol. The van der Waals surface area contributed by atoms with Gasteiger partial charge in [-0.15, -0.1) is 0 Å². The number of carbonyl (C=O) groups excluding carboxylic acids is 6. The number of ether oxygens (including phenoxy) is 9. The standard InChI is InChI=1S/C33H32O15/c1-4-40-31(37)46-24-13-7-10-21(16-24)28(34)43-19-27(45-30(36)23-12-9-15-26(18-23)48-33(39)42-6-3)20-44-29(35)22-11-8-14-25(17-22)47-32(38)41-5-2/h7-18,27H,4-6,19-20H2,1-3H3. The monoisotopic (exact) mass is 668 g/mol. The predicted molar refractivity (Wildman–Crippen MR) is 162 cm³/mol. The molecule has 0 saturated carbocycles. The Kier molecular flexibility index (Phi) is 14.2. The van der Waals surface area contributed by atoms with Gasteiger partial charge in [-0.3, -0.25) is 0 Å². The van der Waals surface area contributed by atoms with Gasteiger partial charge in [0.15, 0.2) is 6.10 Å². The van der Waals surface area contributed by atoms with Gasteiger partial charge in [0, 0.05) is 0 Å². The fourth-order valence-electron chi connectivity index (χ4n) is 3.63. The molecule has 3 rings (SSSR count). The van der Waals surface area contributed by atoms with Gasteiger partial charge in [0.2, 0.25) is 0 Å². The number of rotatable bonds is 14. The first-order chi connectivity index (χ1) is 23.1. The van der Waals surface area contributed by atoms with Crippen molar-refractivity contribution in [2.45, 2.75) is 26.9 Å². The van der Waals surface area contributed by atoms with Crippen LogP contribution in [0, 0.1) is 0 Å². The zero-order valence-electron chi connectivity index (χ0n) is 26.2. The summed E-state index contributed by atoms with van der Waals surface area (Å²) in [4.78, 5) is 73.7. The van der Waals surface area contributed by atoms with Crippen LogP contribution in [0.25, 0.3) is 0 Å². The number of hydrogen-bond donors (Lipinski definition) is 0. The molecule has 0 saturated heterocycles. The summed E-state index contributed by atoms with van der Waals surface area (Å²) in [7, 11) is 0. The van der Waals surface area contributed by atoms with Gasteiger partial charge in [-0.2, -0.15) is 0 Å². The molecule has 0 radical (unpaired) electrons. The summed E-state index contributed by atoms with van der Waals surface area (Å²) in [5, 5.41) is 0. The molecule has 0 aliphatic heterocycles. The molecule has 0 N–H and O–H groups in total. The van der Waals surface area contributed by atoms with Crippen LogP contribution in [-0.4, -0.2) is 75.5 Å². The highest BCUT2D eigenvalue weighted by atomic mass is 16.7. The molecule has 0 fully saturated rings. The van der Waals surface area contributed by atoms with Crippen LogP contribution < -0.4 is 14.2 Å². The van der Waals surface area contributed by atoms with Gasteiger partial charge in [-0.25, -0.2) is 28.8 Å². The van der Waals surface area contributed by atoms with Crippen molar-refractivity contribution in [1.82, 2.24) is 0 Å². The third kappa shape index (κ3) is 12.0.